The summed E-state index contributed by atoms with van der Waals surface area (Å²) in [5, 5.41) is 3.03. The van der Waals surface area contributed by atoms with E-state index in [0.29, 0.717) is 13.1 Å². The first-order valence-corrected chi connectivity index (χ1v) is 10.7. The molecule has 1 atom stereocenters. The van der Waals surface area contributed by atoms with Gasteiger partial charge in [0.1, 0.15) is 0 Å². The van der Waals surface area contributed by atoms with Crippen LogP contribution >= 0.6 is 0 Å². The third-order valence-corrected chi connectivity index (χ3v) is 5.96. The zero-order valence-electron chi connectivity index (χ0n) is 17.1. The summed E-state index contributed by atoms with van der Waals surface area (Å²) in [5.41, 5.74) is 1.11. The summed E-state index contributed by atoms with van der Waals surface area (Å²) in [5.74, 6) is 0.335. The number of nitrogens with one attached hydrogen (secondary N) is 1. The van der Waals surface area contributed by atoms with Crippen molar-refractivity contribution >= 4 is 11.8 Å². The van der Waals surface area contributed by atoms with Crippen molar-refractivity contribution in [3.05, 3.63) is 35.9 Å². The fourth-order valence-electron chi connectivity index (χ4n) is 4.02. The highest BCUT2D eigenvalue weighted by atomic mass is 16.2. The number of piperazine rings is 1. The Hall–Kier alpha value is -1.92. The Morgan fingerprint density at radius 3 is 2.21 bits per heavy atom. The van der Waals surface area contributed by atoms with Crippen LogP contribution in [0.25, 0.3) is 0 Å². The number of nitrogens with zero attached hydrogens (tertiary/aromatic N) is 3. The monoisotopic (exact) mass is 386 g/mol. The molecule has 3 rings (SSSR count). The molecular weight excluding hydrogens is 352 g/mol. The molecule has 1 aromatic rings. The van der Waals surface area contributed by atoms with E-state index in [2.05, 4.69) is 15.1 Å². The van der Waals surface area contributed by atoms with Crippen molar-refractivity contribution in [2.45, 2.75) is 45.2 Å². The lowest BCUT2D eigenvalue weighted by Gasteiger charge is -2.37. The van der Waals surface area contributed by atoms with Gasteiger partial charge >= 0.3 is 0 Å². The average molecular weight is 387 g/mol. The van der Waals surface area contributed by atoms with Crippen molar-refractivity contribution in [3.8, 4) is 0 Å². The molecule has 6 heteroatoms. The highest BCUT2D eigenvalue weighted by Crippen LogP contribution is 2.12. The molecule has 0 saturated carbocycles. The van der Waals surface area contributed by atoms with E-state index >= 15 is 0 Å². The van der Waals surface area contributed by atoms with Gasteiger partial charge in [-0.2, -0.15) is 0 Å². The second-order valence-corrected chi connectivity index (χ2v) is 7.99. The molecule has 0 radical (unpaired) electrons. The van der Waals surface area contributed by atoms with E-state index in [9.17, 15) is 9.59 Å². The maximum Gasteiger partial charge on any atom is 0.237 e. The van der Waals surface area contributed by atoms with Crippen molar-refractivity contribution < 1.29 is 9.59 Å². The number of rotatable bonds is 6. The minimum Gasteiger partial charge on any atom is -0.351 e. The van der Waals surface area contributed by atoms with Crippen LogP contribution in [0.2, 0.25) is 0 Å². The van der Waals surface area contributed by atoms with Gasteiger partial charge < -0.3 is 10.2 Å². The van der Waals surface area contributed by atoms with Gasteiger partial charge in [0.25, 0.3) is 0 Å². The summed E-state index contributed by atoms with van der Waals surface area (Å²) in [4.78, 5) is 31.5. The van der Waals surface area contributed by atoms with Crippen LogP contribution in [0.1, 0.15) is 38.2 Å². The second kappa shape index (κ2) is 10.6. The second-order valence-electron chi connectivity index (χ2n) is 7.99. The molecular formula is C22H34N4O2. The van der Waals surface area contributed by atoms with E-state index in [4.69, 9.17) is 0 Å². The lowest BCUT2D eigenvalue weighted by Crippen LogP contribution is -2.55. The summed E-state index contributed by atoms with van der Waals surface area (Å²) in [7, 11) is 0. The number of benzene rings is 1. The zero-order chi connectivity index (χ0) is 19.8. The van der Waals surface area contributed by atoms with Crippen LogP contribution in [0.3, 0.4) is 0 Å². The minimum atomic E-state index is -0.146. The molecule has 0 spiro atoms. The van der Waals surface area contributed by atoms with Crippen molar-refractivity contribution in [3.63, 3.8) is 0 Å². The van der Waals surface area contributed by atoms with E-state index in [0.717, 1.165) is 57.7 Å². The largest absolute Gasteiger partial charge is 0.351 e. The molecule has 2 aliphatic heterocycles. The summed E-state index contributed by atoms with van der Waals surface area (Å²) in [6.07, 6.45) is 4.75. The molecule has 28 heavy (non-hydrogen) atoms. The topological polar surface area (TPSA) is 55.9 Å². The third kappa shape index (κ3) is 6.04. The normalized spacial score (nSPS) is 20.4. The van der Waals surface area contributed by atoms with Gasteiger partial charge in [0.2, 0.25) is 11.8 Å². The Morgan fingerprint density at radius 2 is 1.57 bits per heavy atom. The molecule has 6 nitrogen and oxygen atoms in total. The lowest BCUT2D eigenvalue weighted by molar-refractivity contribution is -0.133. The van der Waals surface area contributed by atoms with E-state index in [1.54, 1.807) is 0 Å². The van der Waals surface area contributed by atoms with Gasteiger partial charge in [0.15, 0.2) is 0 Å². The standard InChI is InChI=1S/C22H34N4O2/c1-19(22(28)23-17-20-9-5-4-6-10-20)25-15-13-24(14-16-25)18-21(27)26-11-7-2-3-8-12-26/h4-6,9-10,19H,2-3,7-8,11-18H2,1H3,(H,23,28). The first-order chi connectivity index (χ1) is 13.6. The van der Waals surface area contributed by atoms with Crippen LogP contribution in [-0.4, -0.2) is 78.4 Å². The van der Waals surface area contributed by atoms with E-state index in [1.807, 2.05) is 42.2 Å². The molecule has 1 unspecified atom stereocenters. The van der Waals surface area contributed by atoms with Gasteiger partial charge in [-0.25, -0.2) is 0 Å². The molecule has 154 valence electrons. The van der Waals surface area contributed by atoms with Crippen LogP contribution < -0.4 is 5.32 Å². The predicted molar refractivity (Wildman–Crippen MR) is 111 cm³/mol. The number of carbonyl (C=O) groups excluding carboxylic acids is 2. The average Bonchev–Trinajstić information content (AvgIpc) is 3.02. The SMILES string of the molecule is CC(C(=O)NCc1ccccc1)N1CCN(CC(=O)N2CCCCCC2)CC1. The Balaban J connectivity index is 1.39. The number of hydrogen-bond acceptors (Lipinski definition) is 4. The molecule has 2 amide bonds. The number of likely N-dealkylation sites (tertiary alicyclic amines) is 1. The predicted octanol–water partition coefficient (Wildman–Crippen LogP) is 1.71. The molecule has 1 N–H and O–H groups in total. The quantitative estimate of drug-likeness (QED) is 0.809. The van der Waals surface area contributed by atoms with Gasteiger partial charge in [-0.3, -0.25) is 19.4 Å². The maximum atomic E-state index is 12.6. The Kier molecular flexibility index (Phi) is 7.86. The Bertz CT molecular complexity index is 621. The highest BCUT2D eigenvalue weighted by molar-refractivity contribution is 5.81. The van der Waals surface area contributed by atoms with Crippen molar-refractivity contribution in [1.29, 1.82) is 0 Å². The molecule has 2 heterocycles. The van der Waals surface area contributed by atoms with Gasteiger partial charge in [0, 0.05) is 45.8 Å². The Morgan fingerprint density at radius 1 is 0.929 bits per heavy atom. The van der Waals surface area contributed by atoms with Crippen molar-refractivity contribution in [2.75, 3.05) is 45.8 Å². The molecule has 0 bridgehead atoms. The zero-order valence-corrected chi connectivity index (χ0v) is 17.1. The van der Waals surface area contributed by atoms with Crippen molar-refractivity contribution in [2.24, 2.45) is 0 Å². The summed E-state index contributed by atoms with van der Waals surface area (Å²) >= 11 is 0. The summed E-state index contributed by atoms with van der Waals surface area (Å²) < 4.78 is 0. The number of carbonyl (C=O) groups is 2. The van der Waals surface area contributed by atoms with Gasteiger partial charge in [-0.15, -0.1) is 0 Å². The van der Waals surface area contributed by atoms with Crippen LogP contribution in [-0.2, 0) is 16.1 Å². The minimum absolute atomic E-state index is 0.0675. The van der Waals surface area contributed by atoms with Crippen LogP contribution in [0.5, 0.6) is 0 Å². The fourth-order valence-corrected chi connectivity index (χ4v) is 4.02. The van der Waals surface area contributed by atoms with E-state index in [1.165, 1.54) is 12.8 Å². The molecule has 0 aromatic heterocycles. The van der Waals surface area contributed by atoms with E-state index < -0.39 is 0 Å². The van der Waals surface area contributed by atoms with Crippen LogP contribution in [0, 0.1) is 0 Å². The molecule has 1 aromatic carbocycles. The first-order valence-electron chi connectivity index (χ1n) is 10.7. The van der Waals surface area contributed by atoms with Crippen LogP contribution in [0.4, 0.5) is 0 Å². The molecule has 2 fully saturated rings. The molecule has 2 saturated heterocycles. The maximum absolute atomic E-state index is 12.6. The number of amides is 2. The molecule has 2 aliphatic rings. The van der Waals surface area contributed by atoms with E-state index in [-0.39, 0.29) is 17.9 Å². The Labute approximate surface area is 168 Å². The highest BCUT2D eigenvalue weighted by Gasteiger charge is 2.27. The van der Waals surface area contributed by atoms with Crippen LogP contribution in [0.15, 0.2) is 30.3 Å². The number of hydrogen-bond donors (Lipinski definition) is 1. The summed E-state index contributed by atoms with van der Waals surface area (Å²) in [6, 6.07) is 9.84. The molecule has 0 aliphatic carbocycles. The van der Waals surface area contributed by atoms with Crippen molar-refractivity contribution in [1.82, 2.24) is 20.0 Å². The fraction of sp³-hybridized carbons (Fsp3) is 0.636. The summed E-state index contributed by atoms with van der Waals surface area (Å²) in [6.45, 7) is 8.22. The smallest absolute Gasteiger partial charge is 0.237 e. The third-order valence-electron chi connectivity index (χ3n) is 5.96. The van der Waals surface area contributed by atoms with Gasteiger partial charge in [-0.1, -0.05) is 43.2 Å². The van der Waals surface area contributed by atoms with Gasteiger partial charge in [-0.05, 0) is 25.3 Å². The lowest BCUT2D eigenvalue weighted by atomic mass is 10.2. The van der Waals surface area contributed by atoms with Gasteiger partial charge in [0.05, 0.1) is 12.6 Å². The first kappa shape index (κ1) is 20.8.